The summed E-state index contributed by atoms with van der Waals surface area (Å²) in [5, 5.41) is 21.0. The quantitative estimate of drug-likeness (QED) is 0.671. The Morgan fingerprint density at radius 1 is 1.29 bits per heavy atom. The highest BCUT2D eigenvalue weighted by Gasteiger charge is 2.62. The minimum absolute atomic E-state index is 0.184. The van der Waals surface area contributed by atoms with Crippen LogP contribution in [0.5, 0.6) is 0 Å². The van der Waals surface area contributed by atoms with Gasteiger partial charge in [-0.1, -0.05) is 0 Å². The molecular formula is C13H20O4. The smallest absolute Gasteiger partial charge is 0.309 e. The fourth-order valence-corrected chi connectivity index (χ4v) is 4.25. The maximum atomic E-state index is 11.9. The van der Waals surface area contributed by atoms with Crippen molar-refractivity contribution in [1.29, 1.82) is 0 Å². The van der Waals surface area contributed by atoms with E-state index < -0.39 is 11.2 Å². The average molecular weight is 240 g/mol. The SMILES string of the molecule is CC(C)(O)C12CC3CC(O)(CC(C1)C(=O)O3)C2. The van der Waals surface area contributed by atoms with Crippen LogP contribution in [0.1, 0.15) is 46.0 Å². The third-order valence-electron chi connectivity index (χ3n) is 5.07. The largest absolute Gasteiger partial charge is 0.462 e. The number of carbonyl (C=O) groups is 1. The summed E-state index contributed by atoms with van der Waals surface area (Å²) in [4.78, 5) is 11.9. The van der Waals surface area contributed by atoms with Crippen molar-refractivity contribution in [3.63, 3.8) is 0 Å². The molecule has 96 valence electrons. The van der Waals surface area contributed by atoms with E-state index in [0.717, 1.165) is 0 Å². The zero-order chi connectivity index (χ0) is 12.5. The molecule has 4 heteroatoms. The van der Waals surface area contributed by atoms with Crippen molar-refractivity contribution in [1.82, 2.24) is 0 Å². The predicted molar refractivity (Wildman–Crippen MR) is 60.1 cm³/mol. The summed E-state index contributed by atoms with van der Waals surface area (Å²) in [6.07, 6.45) is 2.73. The lowest BCUT2D eigenvalue weighted by molar-refractivity contribution is -0.182. The first kappa shape index (κ1) is 11.5. The van der Waals surface area contributed by atoms with E-state index in [9.17, 15) is 15.0 Å². The number of ether oxygens (including phenoxy) is 1. The molecule has 17 heavy (non-hydrogen) atoms. The summed E-state index contributed by atoms with van der Waals surface area (Å²) < 4.78 is 5.41. The van der Waals surface area contributed by atoms with E-state index in [1.165, 1.54) is 0 Å². The zero-order valence-corrected chi connectivity index (χ0v) is 10.4. The Hall–Kier alpha value is -0.610. The molecule has 4 atom stereocenters. The van der Waals surface area contributed by atoms with Gasteiger partial charge in [-0.2, -0.15) is 0 Å². The molecule has 4 unspecified atom stereocenters. The molecule has 2 N–H and O–H groups in total. The molecule has 0 spiro atoms. The Balaban J connectivity index is 2.07. The highest BCUT2D eigenvalue weighted by atomic mass is 16.5. The Morgan fingerprint density at radius 2 is 2.00 bits per heavy atom. The van der Waals surface area contributed by atoms with Crippen LogP contribution in [0, 0.1) is 11.3 Å². The van der Waals surface area contributed by atoms with Gasteiger partial charge in [-0.05, 0) is 39.5 Å². The lowest BCUT2D eigenvalue weighted by atomic mass is 9.52. The lowest BCUT2D eigenvalue weighted by Gasteiger charge is -2.55. The number of rotatable bonds is 1. The normalized spacial score (nSPS) is 49.1. The molecule has 0 aromatic rings. The van der Waals surface area contributed by atoms with Gasteiger partial charge in [0.15, 0.2) is 0 Å². The van der Waals surface area contributed by atoms with E-state index >= 15 is 0 Å². The highest BCUT2D eigenvalue weighted by molar-refractivity contribution is 5.74. The molecule has 2 saturated carbocycles. The van der Waals surface area contributed by atoms with Crippen LogP contribution in [0.3, 0.4) is 0 Å². The molecule has 4 nitrogen and oxygen atoms in total. The Kier molecular flexibility index (Phi) is 2.05. The van der Waals surface area contributed by atoms with Crippen molar-refractivity contribution < 1.29 is 19.7 Å². The van der Waals surface area contributed by atoms with E-state index in [0.29, 0.717) is 32.1 Å². The van der Waals surface area contributed by atoms with E-state index in [-0.39, 0.29) is 23.4 Å². The standard InChI is InChI=1S/C13H20O4/c1-11(2,15)12-3-8-4-13(16,7-12)6-9(5-12)17-10(8)14/h8-9,15-16H,3-7H2,1-2H3. The van der Waals surface area contributed by atoms with Gasteiger partial charge >= 0.3 is 5.97 Å². The summed E-state index contributed by atoms with van der Waals surface area (Å²) in [5.74, 6) is -0.426. The first-order valence-electron chi connectivity index (χ1n) is 6.38. The van der Waals surface area contributed by atoms with Gasteiger partial charge in [-0.25, -0.2) is 0 Å². The summed E-state index contributed by atoms with van der Waals surface area (Å²) in [5.41, 5.74) is -2.08. The molecule has 4 aliphatic rings. The minimum atomic E-state index is -0.883. The first-order chi connectivity index (χ1) is 7.73. The topological polar surface area (TPSA) is 66.8 Å². The van der Waals surface area contributed by atoms with Gasteiger partial charge in [-0.15, -0.1) is 0 Å². The lowest BCUT2D eigenvalue weighted by Crippen LogP contribution is -2.58. The molecule has 0 amide bonds. The van der Waals surface area contributed by atoms with Gasteiger partial charge in [-0.3, -0.25) is 4.79 Å². The van der Waals surface area contributed by atoms with E-state index in [4.69, 9.17) is 4.74 Å². The van der Waals surface area contributed by atoms with Gasteiger partial charge in [0.25, 0.3) is 0 Å². The summed E-state index contributed by atoms with van der Waals surface area (Å²) in [6.45, 7) is 3.57. The van der Waals surface area contributed by atoms with E-state index in [2.05, 4.69) is 0 Å². The van der Waals surface area contributed by atoms with E-state index in [1.807, 2.05) is 0 Å². The highest BCUT2D eigenvalue weighted by Crippen LogP contribution is 2.60. The third-order valence-corrected chi connectivity index (χ3v) is 5.07. The predicted octanol–water partition coefficient (Wildman–Crippen LogP) is 0.994. The van der Waals surface area contributed by atoms with Crippen molar-refractivity contribution in [2.75, 3.05) is 0 Å². The monoisotopic (exact) mass is 240 g/mol. The Bertz CT molecular complexity index is 372. The Labute approximate surface area is 101 Å². The maximum Gasteiger partial charge on any atom is 0.309 e. The van der Waals surface area contributed by atoms with Crippen LogP contribution in [0.4, 0.5) is 0 Å². The molecule has 4 bridgehead atoms. The van der Waals surface area contributed by atoms with Crippen LogP contribution in [0.15, 0.2) is 0 Å². The van der Waals surface area contributed by atoms with Crippen LogP contribution in [0.2, 0.25) is 0 Å². The number of carbonyl (C=O) groups excluding carboxylic acids is 1. The van der Waals surface area contributed by atoms with E-state index in [1.54, 1.807) is 13.8 Å². The van der Waals surface area contributed by atoms with Gasteiger partial charge < -0.3 is 14.9 Å². The fraction of sp³-hybridized carbons (Fsp3) is 0.923. The van der Waals surface area contributed by atoms with Crippen LogP contribution in [-0.4, -0.2) is 33.5 Å². The molecule has 0 radical (unpaired) electrons. The number of hydrogen-bond acceptors (Lipinski definition) is 4. The molecule has 2 heterocycles. The Morgan fingerprint density at radius 3 is 2.65 bits per heavy atom. The molecule has 4 fully saturated rings. The van der Waals surface area contributed by atoms with Gasteiger partial charge in [0.1, 0.15) is 6.10 Å². The minimum Gasteiger partial charge on any atom is -0.462 e. The molecule has 4 rings (SSSR count). The maximum absolute atomic E-state index is 11.9. The number of hydrogen-bond donors (Lipinski definition) is 2. The van der Waals surface area contributed by atoms with Crippen LogP contribution < -0.4 is 0 Å². The van der Waals surface area contributed by atoms with Gasteiger partial charge in [0, 0.05) is 11.8 Å². The van der Waals surface area contributed by atoms with Crippen molar-refractivity contribution in [3.05, 3.63) is 0 Å². The van der Waals surface area contributed by atoms with Crippen molar-refractivity contribution in [2.45, 2.75) is 63.3 Å². The zero-order valence-electron chi connectivity index (χ0n) is 10.4. The summed E-state index contributed by atoms with van der Waals surface area (Å²) in [7, 11) is 0. The van der Waals surface area contributed by atoms with Gasteiger partial charge in [0.2, 0.25) is 0 Å². The molecule has 0 aromatic carbocycles. The summed E-state index contributed by atoms with van der Waals surface area (Å²) >= 11 is 0. The average Bonchev–Trinajstić information content (AvgIpc) is 2.25. The van der Waals surface area contributed by atoms with Crippen molar-refractivity contribution >= 4 is 5.97 Å². The second kappa shape index (κ2) is 3.04. The third kappa shape index (κ3) is 1.54. The molecule has 2 aliphatic heterocycles. The van der Waals surface area contributed by atoms with Crippen LogP contribution in [-0.2, 0) is 9.53 Å². The summed E-state index contributed by atoms with van der Waals surface area (Å²) in [6, 6.07) is 0. The van der Waals surface area contributed by atoms with Gasteiger partial charge in [0.05, 0.1) is 17.1 Å². The van der Waals surface area contributed by atoms with Crippen LogP contribution >= 0.6 is 0 Å². The second-order valence-electron chi connectivity index (χ2n) is 6.81. The number of fused-ring (bicyclic) bond motifs is 1. The van der Waals surface area contributed by atoms with Crippen molar-refractivity contribution in [3.8, 4) is 0 Å². The number of esters is 1. The molecule has 0 aromatic heterocycles. The molecule has 2 aliphatic carbocycles. The van der Waals surface area contributed by atoms with Crippen molar-refractivity contribution in [2.24, 2.45) is 11.3 Å². The first-order valence-corrected chi connectivity index (χ1v) is 6.38. The fourth-order valence-electron chi connectivity index (χ4n) is 4.25. The second-order valence-corrected chi connectivity index (χ2v) is 6.81. The molecular weight excluding hydrogens is 220 g/mol. The number of aliphatic hydroxyl groups is 2. The molecule has 2 saturated heterocycles. The van der Waals surface area contributed by atoms with Crippen LogP contribution in [0.25, 0.3) is 0 Å².